The maximum Gasteiger partial charge on any atom is 0.319 e. The lowest BCUT2D eigenvalue weighted by Crippen LogP contribution is -2.31. The number of anilines is 1. The molecule has 3 rings (SSSR count). The average molecular weight is 372 g/mol. The third-order valence-electron chi connectivity index (χ3n) is 3.91. The number of H-pyrrole nitrogens is 1. The summed E-state index contributed by atoms with van der Waals surface area (Å²) in [6.07, 6.45) is 0.413. The number of nitrogens with one attached hydrogen (secondary N) is 3. The second kappa shape index (κ2) is 7.93. The number of rotatable bonds is 5. The molecule has 3 N–H and O–H groups in total. The van der Waals surface area contributed by atoms with Gasteiger partial charge in [0.15, 0.2) is 0 Å². The Morgan fingerprint density at radius 2 is 1.92 bits per heavy atom. The van der Waals surface area contributed by atoms with Crippen LogP contribution in [0.2, 0.25) is 5.02 Å². The number of methoxy groups -OCH3 is 1. The zero-order valence-electron chi connectivity index (χ0n) is 14.1. The van der Waals surface area contributed by atoms with Gasteiger partial charge >= 0.3 is 6.03 Å². The Bertz CT molecular complexity index is 983. The molecule has 26 heavy (non-hydrogen) atoms. The molecule has 1 heterocycles. The molecule has 7 heteroatoms. The number of amides is 2. The number of benzene rings is 2. The Morgan fingerprint density at radius 3 is 2.65 bits per heavy atom. The van der Waals surface area contributed by atoms with Crippen molar-refractivity contribution in [1.82, 2.24) is 10.3 Å². The van der Waals surface area contributed by atoms with Gasteiger partial charge in [0.2, 0.25) is 0 Å². The van der Waals surface area contributed by atoms with E-state index in [0.29, 0.717) is 29.2 Å². The van der Waals surface area contributed by atoms with E-state index in [4.69, 9.17) is 16.3 Å². The second-order valence-electron chi connectivity index (χ2n) is 5.71. The van der Waals surface area contributed by atoms with Gasteiger partial charge < -0.3 is 20.4 Å². The fourth-order valence-electron chi connectivity index (χ4n) is 2.56. The van der Waals surface area contributed by atoms with E-state index in [9.17, 15) is 9.59 Å². The molecule has 6 nitrogen and oxygen atoms in total. The molecular weight excluding hydrogens is 354 g/mol. The summed E-state index contributed by atoms with van der Waals surface area (Å²) in [5.41, 5.74) is 1.82. The van der Waals surface area contributed by atoms with Crippen molar-refractivity contribution in [2.24, 2.45) is 0 Å². The predicted molar refractivity (Wildman–Crippen MR) is 103 cm³/mol. The van der Waals surface area contributed by atoms with Crippen molar-refractivity contribution in [2.75, 3.05) is 19.0 Å². The van der Waals surface area contributed by atoms with Crippen molar-refractivity contribution in [3.05, 3.63) is 69.5 Å². The topological polar surface area (TPSA) is 83.2 Å². The zero-order chi connectivity index (χ0) is 18.5. The smallest absolute Gasteiger partial charge is 0.319 e. The van der Waals surface area contributed by atoms with Gasteiger partial charge in [-0.05, 0) is 55.0 Å². The van der Waals surface area contributed by atoms with Crippen LogP contribution in [0.15, 0.2) is 53.3 Å². The van der Waals surface area contributed by atoms with Crippen LogP contribution in [0.5, 0.6) is 5.75 Å². The van der Waals surface area contributed by atoms with Crippen molar-refractivity contribution < 1.29 is 9.53 Å². The molecule has 0 unspecified atom stereocenters. The highest BCUT2D eigenvalue weighted by molar-refractivity contribution is 6.30. The first-order valence-electron chi connectivity index (χ1n) is 8.05. The molecule has 134 valence electrons. The lowest BCUT2D eigenvalue weighted by molar-refractivity contribution is 0.252. The van der Waals surface area contributed by atoms with E-state index in [0.717, 1.165) is 16.7 Å². The molecule has 0 radical (unpaired) electrons. The molecule has 0 saturated carbocycles. The quantitative estimate of drug-likeness (QED) is 0.641. The SMILES string of the molecule is COc1ccc2[nH]c(=O)c(CCNC(=O)Nc3ccc(Cl)cc3)cc2c1. The molecule has 0 aliphatic rings. The number of pyridine rings is 1. The van der Waals surface area contributed by atoms with Crippen LogP contribution in [0, 0.1) is 0 Å². The van der Waals surface area contributed by atoms with Crippen LogP contribution in [-0.2, 0) is 6.42 Å². The van der Waals surface area contributed by atoms with E-state index >= 15 is 0 Å². The third-order valence-corrected chi connectivity index (χ3v) is 4.16. The number of carbonyl (C=O) groups is 1. The first-order chi connectivity index (χ1) is 12.5. The standard InChI is InChI=1S/C19H18ClN3O3/c1-26-16-6-7-17-13(11-16)10-12(18(24)23-17)8-9-21-19(25)22-15-4-2-14(20)3-5-15/h2-7,10-11H,8-9H2,1H3,(H,23,24)(H2,21,22,25). The largest absolute Gasteiger partial charge is 0.497 e. The number of aromatic amines is 1. The molecule has 2 aromatic carbocycles. The van der Waals surface area contributed by atoms with Gasteiger partial charge in [0.1, 0.15) is 5.75 Å². The number of halogens is 1. The second-order valence-corrected chi connectivity index (χ2v) is 6.15. The van der Waals surface area contributed by atoms with Crippen LogP contribution in [0.25, 0.3) is 10.9 Å². The summed E-state index contributed by atoms with van der Waals surface area (Å²) >= 11 is 5.81. The summed E-state index contributed by atoms with van der Waals surface area (Å²) in [6.45, 7) is 0.331. The lowest BCUT2D eigenvalue weighted by Gasteiger charge is -2.08. The Hall–Kier alpha value is -2.99. The Kier molecular flexibility index (Phi) is 5.43. The highest BCUT2D eigenvalue weighted by Gasteiger charge is 2.06. The van der Waals surface area contributed by atoms with Crippen LogP contribution in [-0.4, -0.2) is 24.7 Å². The van der Waals surface area contributed by atoms with Crippen LogP contribution < -0.4 is 20.9 Å². The minimum Gasteiger partial charge on any atom is -0.497 e. The Balaban J connectivity index is 1.61. The molecule has 0 aliphatic carbocycles. The van der Waals surface area contributed by atoms with Gasteiger partial charge in [-0.1, -0.05) is 11.6 Å². The molecule has 0 saturated heterocycles. The minimum atomic E-state index is -0.341. The maximum atomic E-state index is 12.2. The maximum absolute atomic E-state index is 12.2. The van der Waals surface area contributed by atoms with Crippen molar-refractivity contribution >= 4 is 34.2 Å². The van der Waals surface area contributed by atoms with E-state index in [1.165, 1.54) is 0 Å². The average Bonchev–Trinajstić information content (AvgIpc) is 2.63. The summed E-state index contributed by atoms with van der Waals surface area (Å²) in [7, 11) is 1.59. The highest BCUT2D eigenvalue weighted by Crippen LogP contribution is 2.18. The fraction of sp³-hybridized carbons (Fsp3) is 0.158. The van der Waals surface area contributed by atoms with Gasteiger partial charge in [-0.25, -0.2) is 4.79 Å². The number of hydrogen-bond donors (Lipinski definition) is 3. The van der Waals surface area contributed by atoms with Gasteiger partial charge in [-0.15, -0.1) is 0 Å². The molecule has 1 aromatic heterocycles. The van der Waals surface area contributed by atoms with Crippen LogP contribution in [0.3, 0.4) is 0 Å². The van der Waals surface area contributed by atoms with E-state index < -0.39 is 0 Å². The van der Waals surface area contributed by atoms with Gasteiger partial charge in [0, 0.05) is 33.7 Å². The van der Waals surface area contributed by atoms with Gasteiger partial charge in [0.25, 0.3) is 5.56 Å². The molecular formula is C19H18ClN3O3. The Morgan fingerprint density at radius 1 is 1.15 bits per heavy atom. The number of ether oxygens (including phenoxy) is 1. The summed E-state index contributed by atoms with van der Waals surface area (Å²) in [4.78, 5) is 26.9. The summed E-state index contributed by atoms with van der Waals surface area (Å²) in [5.74, 6) is 0.718. The first kappa shape index (κ1) is 17.8. The van der Waals surface area contributed by atoms with E-state index in [1.807, 2.05) is 12.1 Å². The summed E-state index contributed by atoms with van der Waals surface area (Å²) in [5, 5.41) is 6.91. The monoisotopic (exact) mass is 371 g/mol. The molecule has 0 aliphatic heterocycles. The number of hydrogen-bond acceptors (Lipinski definition) is 3. The first-order valence-corrected chi connectivity index (χ1v) is 8.43. The van der Waals surface area contributed by atoms with Crippen molar-refractivity contribution in [2.45, 2.75) is 6.42 Å². The minimum absolute atomic E-state index is 0.164. The van der Waals surface area contributed by atoms with E-state index in [1.54, 1.807) is 43.5 Å². The molecule has 0 atom stereocenters. The number of carbonyl (C=O) groups excluding carboxylic acids is 1. The number of fused-ring (bicyclic) bond motifs is 1. The van der Waals surface area contributed by atoms with E-state index in [2.05, 4.69) is 15.6 Å². The van der Waals surface area contributed by atoms with Gasteiger partial charge in [-0.3, -0.25) is 4.79 Å². The van der Waals surface area contributed by atoms with Crippen molar-refractivity contribution in [3.63, 3.8) is 0 Å². The molecule has 0 spiro atoms. The van der Waals surface area contributed by atoms with Gasteiger partial charge in [0.05, 0.1) is 7.11 Å². The van der Waals surface area contributed by atoms with Crippen LogP contribution >= 0.6 is 11.6 Å². The normalized spacial score (nSPS) is 10.5. The molecule has 0 fully saturated rings. The number of aromatic nitrogens is 1. The molecule has 2 amide bonds. The van der Waals surface area contributed by atoms with Crippen LogP contribution in [0.4, 0.5) is 10.5 Å². The van der Waals surface area contributed by atoms with Crippen molar-refractivity contribution in [3.8, 4) is 5.75 Å². The zero-order valence-corrected chi connectivity index (χ0v) is 14.9. The van der Waals surface area contributed by atoms with Crippen molar-refractivity contribution in [1.29, 1.82) is 0 Å². The fourth-order valence-corrected chi connectivity index (χ4v) is 2.69. The van der Waals surface area contributed by atoms with Gasteiger partial charge in [-0.2, -0.15) is 0 Å². The number of urea groups is 1. The summed E-state index contributed by atoms with van der Waals surface area (Å²) < 4.78 is 5.20. The third kappa shape index (κ3) is 4.34. The molecule has 0 bridgehead atoms. The summed E-state index contributed by atoms with van der Waals surface area (Å²) in [6, 6.07) is 13.7. The Labute approximate surface area is 155 Å². The van der Waals surface area contributed by atoms with Crippen LogP contribution in [0.1, 0.15) is 5.56 Å². The highest BCUT2D eigenvalue weighted by atomic mass is 35.5. The predicted octanol–water partition coefficient (Wildman–Crippen LogP) is 3.55. The lowest BCUT2D eigenvalue weighted by atomic mass is 10.1. The molecule has 3 aromatic rings. The van der Waals surface area contributed by atoms with E-state index in [-0.39, 0.29) is 11.6 Å².